The number of nitrogens with two attached hydrogens (primary N) is 1. The molecule has 6 N–H and O–H groups in total. The molecule has 320 valence electrons. The number of nitrogens with zero attached hydrogens (tertiary/aromatic N) is 7. The number of hydrogen-bond donors (Lipinski definition) is 5. The number of anilines is 3. The Labute approximate surface area is 354 Å². The fourth-order valence-corrected chi connectivity index (χ4v) is 10.9. The third kappa shape index (κ3) is 7.64. The monoisotopic (exact) mass is 829 g/mol. The Kier molecular flexibility index (Phi) is 10.5. The fraction of sp³-hybridized carbons (Fsp3) is 0.511. The number of H-pyrrole nitrogens is 1. The predicted molar refractivity (Wildman–Crippen MR) is 231 cm³/mol. The number of aliphatic hydroxyl groups is 1. The number of urea groups is 1. The van der Waals surface area contributed by atoms with Crippen LogP contribution in [0.1, 0.15) is 103 Å². The zero-order chi connectivity index (χ0) is 41.8. The SMILES string of the molecule is CN1CCN([C@@H]2CCCN(c3cnc(C(N)=O)c(Nc4ccc(C5CCN(CC6CCC(c7cc8o[nH]c(C9CCC(O)NC9=O)c8c8ccnc78)C6)CC5)cc4)n3)C2)C1=O. The van der Waals surface area contributed by atoms with Gasteiger partial charge >= 0.3 is 6.03 Å². The summed E-state index contributed by atoms with van der Waals surface area (Å²) in [5.41, 5.74) is 11.7. The number of fused-ring (bicyclic) bond motifs is 3. The minimum atomic E-state index is -0.802. The van der Waals surface area contributed by atoms with E-state index in [0.29, 0.717) is 48.8 Å². The molecule has 2 aromatic carbocycles. The van der Waals surface area contributed by atoms with Gasteiger partial charge in [0.15, 0.2) is 17.1 Å². The number of likely N-dealkylation sites (N-methyl/N-ethyl adjacent to an activating group) is 1. The Morgan fingerprint density at radius 1 is 0.967 bits per heavy atom. The predicted octanol–water partition coefficient (Wildman–Crippen LogP) is 5.35. The van der Waals surface area contributed by atoms with Gasteiger partial charge in [0.25, 0.3) is 5.91 Å². The van der Waals surface area contributed by atoms with Crippen LogP contribution in [0.15, 0.2) is 53.3 Å². The van der Waals surface area contributed by atoms with Gasteiger partial charge in [0.2, 0.25) is 5.91 Å². The maximum Gasteiger partial charge on any atom is 0.320 e. The van der Waals surface area contributed by atoms with E-state index in [4.69, 9.17) is 20.2 Å². The normalized spacial score (nSPS) is 25.5. The third-order valence-electron chi connectivity index (χ3n) is 14.2. The molecule has 3 aromatic heterocycles. The van der Waals surface area contributed by atoms with E-state index in [1.54, 1.807) is 11.1 Å². The van der Waals surface area contributed by atoms with Gasteiger partial charge in [-0.1, -0.05) is 12.1 Å². The summed E-state index contributed by atoms with van der Waals surface area (Å²) in [4.78, 5) is 60.5. The van der Waals surface area contributed by atoms with E-state index >= 15 is 0 Å². The molecule has 0 spiro atoms. The first-order valence-electron chi connectivity index (χ1n) is 22.1. The van der Waals surface area contributed by atoms with Crippen LogP contribution in [-0.4, -0.2) is 123 Å². The molecule has 7 heterocycles. The maximum absolute atomic E-state index is 12.8. The number of carbonyl (C=O) groups excluding carboxylic acids is 3. The van der Waals surface area contributed by atoms with Crippen LogP contribution in [0.25, 0.3) is 21.9 Å². The molecule has 61 heavy (non-hydrogen) atoms. The molecule has 0 radical (unpaired) electrons. The number of benzene rings is 2. The average Bonchev–Trinajstić information content (AvgIpc) is 4.09. The van der Waals surface area contributed by atoms with Crippen molar-refractivity contribution in [2.45, 2.75) is 87.8 Å². The molecule has 16 nitrogen and oxygen atoms in total. The number of piperidine rings is 3. The maximum atomic E-state index is 12.8. The van der Waals surface area contributed by atoms with Crippen molar-refractivity contribution in [2.75, 3.05) is 63.1 Å². The number of aromatic nitrogens is 4. The molecule has 16 heteroatoms. The van der Waals surface area contributed by atoms with E-state index in [0.717, 1.165) is 111 Å². The number of carbonyl (C=O) groups is 3. The van der Waals surface area contributed by atoms with Crippen LogP contribution in [0.3, 0.4) is 0 Å². The van der Waals surface area contributed by atoms with Gasteiger partial charge in [-0.2, -0.15) is 0 Å². The number of likely N-dealkylation sites (tertiary alicyclic amines) is 1. The lowest BCUT2D eigenvalue weighted by Gasteiger charge is -2.37. The van der Waals surface area contributed by atoms with Crippen LogP contribution in [0, 0.1) is 5.92 Å². The van der Waals surface area contributed by atoms with E-state index in [1.807, 2.05) is 36.3 Å². The van der Waals surface area contributed by atoms with Gasteiger partial charge in [-0.15, -0.1) is 0 Å². The lowest BCUT2D eigenvalue weighted by molar-refractivity contribution is -0.128. The zero-order valence-corrected chi connectivity index (χ0v) is 34.7. The Balaban J connectivity index is 0.745. The first-order valence-corrected chi connectivity index (χ1v) is 22.1. The first-order chi connectivity index (χ1) is 29.7. The molecular weight excluding hydrogens is 775 g/mol. The van der Waals surface area contributed by atoms with E-state index in [9.17, 15) is 19.5 Å². The Morgan fingerprint density at radius 2 is 1.80 bits per heavy atom. The van der Waals surface area contributed by atoms with Crippen LogP contribution in [-0.2, 0) is 4.79 Å². The Bertz CT molecular complexity index is 2440. The number of aliphatic hydroxyl groups excluding tert-OH is 1. The molecule has 5 aliphatic rings. The van der Waals surface area contributed by atoms with Crippen molar-refractivity contribution in [3.63, 3.8) is 0 Å². The molecule has 4 amide bonds. The number of nitrogens with one attached hydrogen (secondary N) is 3. The second-order valence-corrected chi connectivity index (χ2v) is 17.9. The van der Waals surface area contributed by atoms with Crippen molar-refractivity contribution in [2.24, 2.45) is 11.7 Å². The summed E-state index contributed by atoms with van der Waals surface area (Å²) in [6.07, 6.45) is 11.2. The van der Waals surface area contributed by atoms with E-state index in [1.165, 1.54) is 17.5 Å². The van der Waals surface area contributed by atoms with Crippen LogP contribution in [0.5, 0.6) is 0 Å². The standard InChI is InChI=1S/C45H55N11O5/c1-53-19-20-56(45(53)60)31-3-2-16-55(25-31)36-23-48-41(42(46)58)43(50-36)49-30-8-6-27(7-9-30)28-13-17-54(18-14-28)24-26-4-5-29(21-26)34-22-35-38(32-12-15-47-39(32)34)40(52-61-35)33-10-11-37(57)51-44(33)59/h6-9,12,15,22-23,26,28-29,31,33,37,52,57H,2-5,10-11,13-14,16-21,24-25H2,1H3,(H2,46,58)(H,49,50)(H,51,59)/t26?,29?,31-,33?,37?/m1/s1. The lowest BCUT2D eigenvalue weighted by Crippen LogP contribution is -2.49. The minimum Gasteiger partial charge on any atom is -0.382 e. The van der Waals surface area contributed by atoms with Crippen molar-refractivity contribution in [1.29, 1.82) is 0 Å². The van der Waals surface area contributed by atoms with Gasteiger partial charge in [0.05, 0.1) is 34.8 Å². The van der Waals surface area contributed by atoms with Gasteiger partial charge in [-0.05, 0) is 124 Å². The first kappa shape index (κ1) is 39.4. The van der Waals surface area contributed by atoms with Gasteiger partial charge in [0.1, 0.15) is 12.0 Å². The lowest BCUT2D eigenvalue weighted by atomic mass is 9.88. The molecule has 5 atom stereocenters. The van der Waals surface area contributed by atoms with E-state index in [2.05, 4.69) is 48.8 Å². The number of hydrogen-bond acceptors (Lipinski definition) is 11. The molecule has 1 aliphatic carbocycles. The molecule has 4 aliphatic heterocycles. The van der Waals surface area contributed by atoms with Gasteiger partial charge in [-0.25, -0.2) is 19.9 Å². The second-order valence-electron chi connectivity index (χ2n) is 17.9. The minimum absolute atomic E-state index is 0.0718. The molecular formula is C45H55N11O5. The number of amides is 4. The third-order valence-corrected chi connectivity index (χ3v) is 14.2. The summed E-state index contributed by atoms with van der Waals surface area (Å²) in [6.45, 7) is 6.15. The Hall–Kier alpha value is -5.74. The zero-order valence-electron chi connectivity index (χ0n) is 34.7. The highest BCUT2D eigenvalue weighted by Crippen LogP contribution is 2.45. The molecule has 10 rings (SSSR count). The highest BCUT2D eigenvalue weighted by Gasteiger charge is 2.36. The van der Waals surface area contributed by atoms with Crippen LogP contribution >= 0.6 is 0 Å². The van der Waals surface area contributed by atoms with Crippen molar-refractivity contribution >= 4 is 57.0 Å². The largest absolute Gasteiger partial charge is 0.382 e. The van der Waals surface area contributed by atoms with Crippen molar-refractivity contribution in [3.05, 3.63) is 71.3 Å². The summed E-state index contributed by atoms with van der Waals surface area (Å²) in [5, 5.41) is 20.9. The van der Waals surface area contributed by atoms with E-state index < -0.39 is 18.1 Å². The summed E-state index contributed by atoms with van der Waals surface area (Å²) >= 11 is 0. The van der Waals surface area contributed by atoms with Crippen LogP contribution in [0.2, 0.25) is 0 Å². The number of aromatic amines is 1. The molecule has 5 fully saturated rings. The molecule has 0 bridgehead atoms. The molecule has 5 aromatic rings. The van der Waals surface area contributed by atoms with Gasteiger partial charge < -0.3 is 45.6 Å². The number of primary amides is 1. The smallest absolute Gasteiger partial charge is 0.320 e. The Morgan fingerprint density at radius 3 is 2.57 bits per heavy atom. The fourth-order valence-electron chi connectivity index (χ4n) is 10.9. The topological polar surface area (TPSA) is 202 Å². The summed E-state index contributed by atoms with van der Waals surface area (Å²) < 4.78 is 6.00. The van der Waals surface area contributed by atoms with Crippen molar-refractivity contribution < 1.29 is 24.0 Å². The molecule has 1 saturated carbocycles. The second kappa shape index (κ2) is 16.3. The highest BCUT2D eigenvalue weighted by atomic mass is 16.5. The average molecular weight is 830 g/mol. The molecule has 4 saturated heterocycles. The summed E-state index contributed by atoms with van der Waals surface area (Å²) in [7, 11) is 1.84. The van der Waals surface area contributed by atoms with Crippen LogP contribution < -0.4 is 21.3 Å². The van der Waals surface area contributed by atoms with Gasteiger partial charge in [-0.3, -0.25) is 14.6 Å². The summed E-state index contributed by atoms with van der Waals surface area (Å²) in [6, 6.07) is 12.8. The highest BCUT2D eigenvalue weighted by molar-refractivity contribution is 6.09. The van der Waals surface area contributed by atoms with Crippen molar-refractivity contribution in [3.8, 4) is 0 Å². The van der Waals surface area contributed by atoms with E-state index in [-0.39, 0.29) is 23.7 Å². The van der Waals surface area contributed by atoms with Gasteiger partial charge in [0, 0.05) is 57.0 Å². The summed E-state index contributed by atoms with van der Waals surface area (Å²) in [5.74, 6) is 1.25. The molecule has 4 unspecified atom stereocenters. The van der Waals surface area contributed by atoms with Crippen molar-refractivity contribution in [1.82, 2.24) is 40.1 Å². The number of rotatable bonds is 10. The van der Waals surface area contributed by atoms with Crippen LogP contribution in [0.4, 0.5) is 22.1 Å². The quantitative estimate of drug-likeness (QED) is 0.121.